The minimum atomic E-state index is -2.33. The average Bonchev–Trinajstić information content (AvgIpc) is 2.23. The Morgan fingerprint density at radius 2 is 1.40 bits per heavy atom. The summed E-state index contributed by atoms with van der Waals surface area (Å²) in [7, 11) is 0. The maximum absolute atomic E-state index is 10.2. The molecule has 0 saturated heterocycles. The molecule has 5 atom stereocenters. The summed E-state index contributed by atoms with van der Waals surface area (Å²) >= 11 is 0. The maximum atomic E-state index is 10.2. The van der Waals surface area contributed by atoms with Crippen molar-refractivity contribution in [3.63, 3.8) is 0 Å². The van der Waals surface area contributed by atoms with E-state index in [4.69, 9.17) is 30.6 Å². The van der Waals surface area contributed by atoms with Gasteiger partial charge in [0.05, 0.1) is 0 Å². The summed E-state index contributed by atoms with van der Waals surface area (Å²) < 4.78 is 0. The van der Waals surface area contributed by atoms with E-state index < -0.39 is 36.5 Å². The Hall–Kier alpha value is -1.06. The van der Waals surface area contributed by atoms with Gasteiger partial charge in [-0.25, -0.2) is 4.79 Å². The number of carbonyl (C=O) groups excluding carboxylic acids is 1. The molecule has 6 N–H and O–H groups in total. The number of rotatable bonds is 6. The standard InChI is InChI=1S/C7H12O8/c8-1-2(9)3(10)4(11)5(12)6(13)7(14)15/h1-6,9-13H,(H,14,15)/t2-,3+,4-,5-,6?/m0/s1. The van der Waals surface area contributed by atoms with Crippen LogP contribution in [0.4, 0.5) is 0 Å². The van der Waals surface area contributed by atoms with Gasteiger partial charge in [0.15, 0.2) is 12.4 Å². The third-order valence-corrected chi connectivity index (χ3v) is 1.77. The molecule has 8 nitrogen and oxygen atoms in total. The highest BCUT2D eigenvalue weighted by atomic mass is 16.4. The molecule has 0 bridgehead atoms. The lowest BCUT2D eigenvalue weighted by Crippen LogP contribution is -2.51. The molecule has 0 rings (SSSR count). The van der Waals surface area contributed by atoms with Crippen molar-refractivity contribution < 1.29 is 40.2 Å². The van der Waals surface area contributed by atoms with Gasteiger partial charge in [-0.3, -0.25) is 0 Å². The number of hydrogen-bond acceptors (Lipinski definition) is 7. The predicted octanol–water partition coefficient (Wildman–Crippen LogP) is -3.93. The van der Waals surface area contributed by atoms with Crippen LogP contribution in [0, 0.1) is 0 Å². The molecule has 88 valence electrons. The third-order valence-electron chi connectivity index (χ3n) is 1.77. The van der Waals surface area contributed by atoms with Gasteiger partial charge in [0, 0.05) is 0 Å². The van der Waals surface area contributed by atoms with Gasteiger partial charge in [-0.1, -0.05) is 0 Å². The molecule has 0 saturated carbocycles. The molecule has 1 unspecified atom stereocenters. The number of hydrogen-bond donors (Lipinski definition) is 6. The molecule has 0 aliphatic heterocycles. The van der Waals surface area contributed by atoms with Gasteiger partial charge < -0.3 is 35.4 Å². The fraction of sp³-hybridized carbons (Fsp3) is 0.714. The minimum Gasteiger partial charge on any atom is -0.479 e. The van der Waals surface area contributed by atoms with Crippen LogP contribution in [0.5, 0.6) is 0 Å². The van der Waals surface area contributed by atoms with Crippen LogP contribution >= 0.6 is 0 Å². The zero-order chi connectivity index (χ0) is 12.2. The van der Waals surface area contributed by atoms with Gasteiger partial charge in [-0.2, -0.15) is 0 Å². The van der Waals surface area contributed by atoms with Gasteiger partial charge >= 0.3 is 5.97 Å². The second-order valence-electron chi connectivity index (χ2n) is 2.88. The van der Waals surface area contributed by atoms with Gasteiger partial charge in [0.25, 0.3) is 0 Å². The quantitative estimate of drug-likeness (QED) is 0.250. The normalized spacial score (nSPS) is 21.1. The predicted molar refractivity (Wildman–Crippen MR) is 43.7 cm³/mol. The van der Waals surface area contributed by atoms with Crippen molar-refractivity contribution in [2.45, 2.75) is 30.5 Å². The number of aliphatic carboxylic acids is 1. The Morgan fingerprint density at radius 1 is 0.933 bits per heavy atom. The van der Waals surface area contributed by atoms with E-state index in [0.717, 1.165) is 0 Å². The van der Waals surface area contributed by atoms with Gasteiger partial charge in [-0.15, -0.1) is 0 Å². The van der Waals surface area contributed by atoms with E-state index in [2.05, 4.69) is 0 Å². The summed E-state index contributed by atoms with van der Waals surface area (Å²) in [5, 5.41) is 52.8. The van der Waals surface area contributed by atoms with Crippen LogP contribution in [-0.2, 0) is 9.59 Å². The van der Waals surface area contributed by atoms with Crippen LogP contribution in [0.15, 0.2) is 0 Å². The monoisotopic (exact) mass is 224 g/mol. The van der Waals surface area contributed by atoms with Crippen LogP contribution in [-0.4, -0.2) is 73.4 Å². The van der Waals surface area contributed by atoms with Crippen LogP contribution in [0.25, 0.3) is 0 Å². The number of aldehydes is 1. The summed E-state index contributed by atoms with van der Waals surface area (Å²) in [4.78, 5) is 20.2. The zero-order valence-electron chi connectivity index (χ0n) is 7.46. The van der Waals surface area contributed by atoms with E-state index in [9.17, 15) is 9.59 Å². The second kappa shape index (κ2) is 5.73. The van der Waals surface area contributed by atoms with Crippen molar-refractivity contribution in [2.75, 3.05) is 0 Å². The Bertz CT molecular complexity index is 229. The molecule has 0 heterocycles. The molecule has 15 heavy (non-hydrogen) atoms. The molecular formula is C7H12O8. The SMILES string of the molecule is O=C[C@H](O)[C@@H](O)[C@H](O)[C@H](O)C(O)C(=O)O. The number of carbonyl (C=O) groups is 2. The first-order valence-electron chi connectivity index (χ1n) is 3.91. The Balaban J connectivity index is 4.49. The highest BCUT2D eigenvalue weighted by Gasteiger charge is 2.37. The van der Waals surface area contributed by atoms with E-state index >= 15 is 0 Å². The minimum absolute atomic E-state index is 0.103. The van der Waals surface area contributed by atoms with Crippen molar-refractivity contribution in [1.29, 1.82) is 0 Å². The molecule has 0 spiro atoms. The smallest absolute Gasteiger partial charge is 0.335 e. The molecule has 0 amide bonds. The summed E-state index contributed by atoms with van der Waals surface area (Å²) in [5.41, 5.74) is 0. The van der Waals surface area contributed by atoms with E-state index in [1.165, 1.54) is 0 Å². The Kier molecular flexibility index (Phi) is 5.33. The van der Waals surface area contributed by atoms with Crippen molar-refractivity contribution >= 4 is 12.3 Å². The number of aliphatic hydroxyl groups excluding tert-OH is 5. The Labute approximate surface area is 84.0 Å². The first-order valence-corrected chi connectivity index (χ1v) is 3.91. The highest BCUT2D eigenvalue weighted by Crippen LogP contribution is 2.07. The first-order chi connectivity index (χ1) is 6.82. The molecular weight excluding hydrogens is 212 g/mol. The maximum Gasteiger partial charge on any atom is 0.335 e. The van der Waals surface area contributed by atoms with E-state index in [1.807, 2.05) is 0 Å². The third kappa shape index (κ3) is 3.53. The van der Waals surface area contributed by atoms with Gasteiger partial charge in [0.2, 0.25) is 0 Å². The van der Waals surface area contributed by atoms with Crippen LogP contribution in [0.1, 0.15) is 0 Å². The fourth-order valence-corrected chi connectivity index (χ4v) is 0.817. The van der Waals surface area contributed by atoms with Gasteiger partial charge in [-0.05, 0) is 0 Å². The van der Waals surface area contributed by atoms with Crippen molar-refractivity contribution in [3.05, 3.63) is 0 Å². The molecule has 0 aromatic carbocycles. The molecule has 0 radical (unpaired) electrons. The summed E-state index contributed by atoms with van der Waals surface area (Å²) in [6.07, 6.45) is -10.9. The largest absolute Gasteiger partial charge is 0.479 e. The van der Waals surface area contributed by atoms with Crippen LogP contribution < -0.4 is 0 Å². The fourth-order valence-electron chi connectivity index (χ4n) is 0.817. The first kappa shape index (κ1) is 13.9. The number of aliphatic hydroxyl groups is 5. The summed E-state index contributed by atoms with van der Waals surface area (Å²) in [6.45, 7) is 0. The second-order valence-corrected chi connectivity index (χ2v) is 2.88. The number of carboxylic acids is 1. The highest BCUT2D eigenvalue weighted by molar-refractivity contribution is 5.72. The van der Waals surface area contributed by atoms with Gasteiger partial charge in [0.1, 0.15) is 24.4 Å². The van der Waals surface area contributed by atoms with E-state index in [-0.39, 0.29) is 6.29 Å². The number of carboxylic acid groups (broad SMARTS) is 1. The van der Waals surface area contributed by atoms with Crippen LogP contribution in [0.3, 0.4) is 0 Å². The molecule has 0 aromatic heterocycles. The summed E-state index contributed by atoms with van der Waals surface area (Å²) in [6, 6.07) is 0. The van der Waals surface area contributed by atoms with Crippen molar-refractivity contribution in [1.82, 2.24) is 0 Å². The van der Waals surface area contributed by atoms with E-state index in [0.29, 0.717) is 0 Å². The average molecular weight is 224 g/mol. The topological polar surface area (TPSA) is 156 Å². The van der Waals surface area contributed by atoms with Crippen LogP contribution in [0.2, 0.25) is 0 Å². The Morgan fingerprint density at radius 3 is 1.73 bits per heavy atom. The molecule has 0 aliphatic rings. The molecule has 0 fully saturated rings. The van der Waals surface area contributed by atoms with E-state index in [1.54, 1.807) is 0 Å². The van der Waals surface area contributed by atoms with Crippen molar-refractivity contribution in [3.8, 4) is 0 Å². The molecule has 8 heteroatoms. The zero-order valence-corrected chi connectivity index (χ0v) is 7.46. The lowest BCUT2D eigenvalue weighted by atomic mass is 10.00. The summed E-state index contributed by atoms with van der Waals surface area (Å²) in [5.74, 6) is -1.81. The lowest BCUT2D eigenvalue weighted by molar-refractivity contribution is -0.168. The van der Waals surface area contributed by atoms with Crippen molar-refractivity contribution in [2.24, 2.45) is 0 Å². The molecule has 0 aliphatic carbocycles. The lowest BCUT2D eigenvalue weighted by Gasteiger charge is -2.25. The molecule has 0 aromatic rings.